The van der Waals surface area contributed by atoms with E-state index in [1.807, 2.05) is 11.9 Å². The third kappa shape index (κ3) is 3.93. The summed E-state index contributed by atoms with van der Waals surface area (Å²) in [5.41, 5.74) is 2.81. The first-order valence-electron chi connectivity index (χ1n) is 9.38. The number of hydrogen-bond donors (Lipinski definition) is 1. The number of likely N-dealkylation sites (N-methyl/N-ethyl adjacent to an activating group) is 1. The number of pyridine rings is 1. The van der Waals surface area contributed by atoms with Gasteiger partial charge in [0.2, 0.25) is 0 Å². The van der Waals surface area contributed by atoms with Gasteiger partial charge < -0.3 is 10.0 Å². The number of benzene rings is 1. The van der Waals surface area contributed by atoms with Crippen LogP contribution in [0.15, 0.2) is 60.1 Å². The maximum Gasteiger partial charge on any atom is 0.339 e. The fraction of sp³-hybridized carbons (Fsp3) is 0.273. The molecule has 0 aliphatic carbocycles. The number of aromatic carboxylic acids is 1. The van der Waals surface area contributed by atoms with E-state index >= 15 is 0 Å². The molecule has 5 nitrogen and oxygen atoms in total. The molecule has 0 unspecified atom stereocenters. The largest absolute Gasteiger partial charge is 0.478 e. The summed E-state index contributed by atoms with van der Waals surface area (Å²) in [5.74, 6) is -0.391. The summed E-state index contributed by atoms with van der Waals surface area (Å²) in [5, 5.41) is 11.5. The van der Waals surface area contributed by atoms with Gasteiger partial charge in [0.05, 0.1) is 0 Å². The molecule has 3 heterocycles. The number of anilines is 1. The van der Waals surface area contributed by atoms with Crippen molar-refractivity contribution < 1.29 is 9.90 Å². The Morgan fingerprint density at radius 2 is 2.07 bits per heavy atom. The second-order valence-electron chi connectivity index (χ2n) is 7.14. The van der Waals surface area contributed by atoms with Gasteiger partial charge in [-0.25, -0.2) is 9.78 Å². The lowest BCUT2D eigenvalue weighted by molar-refractivity contribution is 0.0697. The van der Waals surface area contributed by atoms with Crippen molar-refractivity contribution in [2.24, 2.45) is 0 Å². The highest BCUT2D eigenvalue weighted by Crippen LogP contribution is 2.26. The number of carboxylic acid groups (broad SMARTS) is 1. The summed E-state index contributed by atoms with van der Waals surface area (Å²) in [6.07, 6.45) is 2.65. The Morgan fingerprint density at radius 3 is 2.79 bits per heavy atom. The van der Waals surface area contributed by atoms with Gasteiger partial charge in [0.1, 0.15) is 11.4 Å². The lowest BCUT2D eigenvalue weighted by Crippen LogP contribution is -2.36. The average molecular weight is 394 g/mol. The molecule has 1 fully saturated rings. The van der Waals surface area contributed by atoms with E-state index in [1.165, 1.54) is 16.0 Å². The molecule has 1 aliphatic rings. The van der Waals surface area contributed by atoms with Crippen molar-refractivity contribution in [2.45, 2.75) is 19.0 Å². The molecule has 1 saturated heterocycles. The molecule has 3 aromatic rings. The van der Waals surface area contributed by atoms with Crippen molar-refractivity contribution in [1.29, 1.82) is 0 Å². The van der Waals surface area contributed by atoms with Crippen molar-refractivity contribution in [2.75, 3.05) is 25.0 Å². The van der Waals surface area contributed by atoms with Crippen molar-refractivity contribution in [3.63, 3.8) is 0 Å². The van der Waals surface area contributed by atoms with E-state index in [4.69, 9.17) is 0 Å². The van der Waals surface area contributed by atoms with Crippen LogP contribution < -0.4 is 4.90 Å². The zero-order chi connectivity index (χ0) is 19.5. The maximum absolute atomic E-state index is 11.5. The van der Waals surface area contributed by atoms with Crippen LogP contribution in [0.3, 0.4) is 0 Å². The van der Waals surface area contributed by atoms with Crippen molar-refractivity contribution in [3.05, 3.63) is 71.2 Å². The van der Waals surface area contributed by atoms with Crippen LogP contribution in [0.5, 0.6) is 0 Å². The van der Waals surface area contributed by atoms with Gasteiger partial charge in [0.15, 0.2) is 0 Å². The van der Waals surface area contributed by atoms with E-state index in [0.29, 0.717) is 5.82 Å². The first-order chi connectivity index (χ1) is 13.6. The first kappa shape index (κ1) is 18.7. The predicted molar refractivity (Wildman–Crippen MR) is 113 cm³/mol. The van der Waals surface area contributed by atoms with Gasteiger partial charge in [-0.2, -0.15) is 0 Å². The smallest absolute Gasteiger partial charge is 0.339 e. The highest BCUT2D eigenvalue weighted by Gasteiger charge is 2.28. The lowest BCUT2D eigenvalue weighted by atomic mass is 10.1. The molecule has 0 bridgehead atoms. The van der Waals surface area contributed by atoms with Crippen LogP contribution in [-0.4, -0.2) is 47.1 Å². The Morgan fingerprint density at radius 1 is 1.25 bits per heavy atom. The Balaban J connectivity index is 1.40. The van der Waals surface area contributed by atoms with E-state index in [9.17, 15) is 9.90 Å². The van der Waals surface area contributed by atoms with Crippen molar-refractivity contribution in [1.82, 2.24) is 9.88 Å². The Hall–Kier alpha value is -2.70. The van der Waals surface area contributed by atoms with Gasteiger partial charge in [-0.15, -0.1) is 11.3 Å². The van der Waals surface area contributed by atoms with E-state index < -0.39 is 5.97 Å². The molecule has 4 rings (SSSR count). The average Bonchev–Trinajstić information content (AvgIpc) is 3.40. The molecule has 1 aromatic carbocycles. The van der Waals surface area contributed by atoms with Crippen LogP contribution >= 0.6 is 11.3 Å². The minimum Gasteiger partial charge on any atom is -0.478 e. The normalized spacial score (nSPS) is 17.0. The van der Waals surface area contributed by atoms with E-state index in [0.717, 1.165) is 26.1 Å². The van der Waals surface area contributed by atoms with E-state index in [2.05, 4.69) is 51.7 Å². The monoisotopic (exact) mass is 393 g/mol. The van der Waals surface area contributed by atoms with Crippen LogP contribution in [0.1, 0.15) is 22.3 Å². The molecule has 144 valence electrons. The standard InChI is InChI=1S/C22H23N3O2S/c1-24(21-19(22(26)27)4-2-11-23-21)18-10-12-25(15-18)14-16-6-8-17(9-7-16)20-5-3-13-28-20/h2-9,11,13,18H,10,12,14-15H2,1H3,(H,26,27)/t18-/m1/s1. The van der Waals surface area contributed by atoms with Gasteiger partial charge in [0, 0.05) is 43.8 Å². The number of hydrogen-bond acceptors (Lipinski definition) is 5. The fourth-order valence-electron chi connectivity index (χ4n) is 3.77. The quantitative estimate of drug-likeness (QED) is 0.680. The molecule has 2 aromatic heterocycles. The molecule has 1 atom stereocenters. The topological polar surface area (TPSA) is 56.7 Å². The zero-order valence-corrected chi connectivity index (χ0v) is 16.6. The molecule has 0 saturated carbocycles. The number of aromatic nitrogens is 1. The number of carboxylic acids is 1. The van der Waals surface area contributed by atoms with Gasteiger partial charge in [0.25, 0.3) is 0 Å². The molecule has 1 aliphatic heterocycles. The summed E-state index contributed by atoms with van der Waals surface area (Å²) in [4.78, 5) is 21.5. The van der Waals surface area contributed by atoms with E-state index in [-0.39, 0.29) is 11.6 Å². The molecular formula is C22H23N3O2S. The summed E-state index contributed by atoms with van der Waals surface area (Å²) in [6.45, 7) is 2.80. The predicted octanol–water partition coefficient (Wildman–Crippen LogP) is 4.22. The van der Waals surface area contributed by atoms with Gasteiger partial charge in [-0.05, 0) is 41.1 Å². The second kappa shape index (κ2) is 8.12. The number of rotatable bonds is 6. The molecular weight excluding hydrogens is 370 g/mol. The van der Waals surface area contributed by atoms with Crippen LogP contribution in [0.4, 0.5) is 5.82 Å². The van der Waals surface area contributed by atoms with Gasteiger partial charge in [-0.1, -0.05) is 30.3 Å². The van der Waals surface area contributed by atoms with Crippen molar-refractivity contribution in [3.8, 4) is 10.4 Å². The summed E-state index contributed by atoms with van der Waals surface area (Å²) >= 11 is 1.76. The Kier molecular flexibility index (Phi) is 5.41. The summed E-state index contributed by atoms with van der Waals surface area (Å²) in [6, 6.07) is 16.5. The molecule has 28 heavy (non-hydrogen) atoms. The Bertz CT molecular complexity index is 941. The molecule has 6 heteroatoms. The number of thiophene rings is 1. The molecule has 0 spiro atoms. The van der Waals surface area contributed by atoms with Gasteiger partial charge in [-0.3, -0.25) is 4.90 Å². The van der Waals surface area contributed by atoms with Gasteiger partial charge >= 0.3 is 5.97 Å². The summed E-state index contributed by atoms with van der Waals surface area (Å²) < 4.78 is 0. The molecule has 0 amide bonds. The first-order valence-corrected chi connectivity index (χ1v) is 10.3. The Labute approximate surface area is 168 Å². The summed E-state index contributed by atoms with van der Waals surface area (Å²) in [7, 11) is 1.94. The second-order valence-corrected chi connectivity index (χ2v) is 8.09. The third-order valence-electron chi connectivity index (χ3n) is 5.31. The van der Waals surface area contributed by atoms with Crippen LogP contribution in [0.2, 0.25) is 0 Å². The minimum atomic E-state index is -0.935. The third-order valence-corrected chi connectivity index (χ3v) is 6.23. The lowest BCUT2D eigenvalue weighted by Gasteiger charge is -2.27. The van der Waals surface area contributed by atoms with E-state index in [1.54, 1.807) is 29.7 Å². The molecule has 0 radical (unpaired) electrons. The van der Waals surface area contributed by atoms with Crippen molar-refractivity contribution >= 4 is 23.1 Å². The SMILES string of the molecule is CN(c1ncccc1C(=O)O)[C@@H]1CCN(Cc2ccc(-c3cccs3)cc2)C1. The fourth-order valence-corrected chi connectivity index (χ4v) is 4.50. The number of likely N-dealkylation sites (tertiary alicyclic amines) is 1. The van der Waals surface area contributed by atoms with Crippen LogP contribution in [0, 0.1) is 0 Å². The highest BCUT2D eigenvalue weighted by atomic mass is 32.1. The molecule has 1 N–H and O–H groups in total. The minimum absolute atomic E-state index is 0.257. The van der Waals surface area contributed by atoms with Crippen LogP contribution in [0.25, 0.3) is 10.4 Å². The number of nitrogens with zero attached hydrogens (tertiary/aromatic N) is 3. The zero-order valence-electron chi connectivity index (χ0n) is 15.8. The maximum atomic E-state index is 11.5. The van der Waals surface area contributed by atoms with Crippen LogP contribution in [-0.2, 0) is 6.54 Å². The number of carbonyl (C=O) groups is 1. The highest BCUT2D eigenvalue weighted by molar-refractivity contribution is 7.13.